The summed E-state index contributed by atoms with van der Waals surface area (Å²) < 4.78 is 5.43. The lowest BCUT2D eigenvalue weighted by molar-refractivity contribution is -0.134. The van der Waals surface area contributed by atoms with Crippen molar-refractivity contribution in [1.82, 2.24) is 9.80 Å². The number of thiophene rings is 1. The molecule has 1 aromatic rings. The van der Waals surface area contributed by atoms with Crippen LogP contribution in [0.25, 0.3) is 6.08 Å². The van der Waals surface area contributed by atoms with Gasteiger partial charge < -0.3 is 9.64 Å². The molecular formula is C24H29N3O4S. The van der Waals surface area contributed by atoms with E-state index in [2.05, 4.69) is 43.0 Å². The second-order valence-electron chi connectivity index (χ2n) is 9.26. The standard InChI is InChI=1S/C24H29N3O4S/c1-24(2)14-16(5-6-18-7-8-19(32-18)27-9-11-31-12-10-27)13-17(15-24)20-21(28)25(3)23(30)26(4)22(20)29/h5-8,13H,9-12,14-15H2,1-4H3/b6-5+. The molecule has 1 aliphatic carbocycles. The van der Waals surface area contributed by atoms with E-state index in [1.165, 1.54) is 19.1 Å². The second kappa shape index (κ2) is 8.67. The average Bonchev–Trinajstić information content (AvgIpc) is 3.24. The van der Waals surface area contributed by atoms with Crippen molar-refractivity contribution in [1.29, 1.82) is 0 Å². The molecule has 0 unspecified atom stereocenters. The highest BCUT2D eigenvalue weighted by atomic mass is 32.1. The summed E-state index contributed by atoms with van der Waals surface area (Å²) in [6.07, 6.45) is 7.56. The van der Waals surface area contributed by atoms with Crippen LogP contribution in [0.5, 0.6) is 0 Å². The van der Waals surface area contributed by atoms with E-state index in [1.54, 1.807) is 11.3 Å². The molecule has 0 spiro atoms. The van der Waals surface area contributed by atoms with Gasteiger partial charge in [-0.2, -0.15) is 0 Å². The number of imide groups is 2. The summed E-state index contributed by atoms with van der Waals surface area (Å²) in [5.74, 6) is -1.06. The molecule has 2 aliphatic heterocycles. The van der Waals surface area contributed by atoms with Crippen LogP contribution >= 0.6 is 11.3 Å². The first-order chi connectivity index (χ1) is 15.2. The van der Waals surface area contributed by atoms with Crippen LogP contribution in [0.4, 0.5) is 9.80 Å². The zero-order valence-corrected chi connectivity index (χ0v) is 19.8. The number of hydrogen-bond donors (Lipinski definition) is 0. The van der Waals surface area contributed by atoms with E-state index in [1.807, 2.05) is 6.08 Å². The number of ether oxygens (including phenoxy) is 1. The zero-order valence-electron chi connectivity index (χ0n) is 19.0. The molecule has 0 radical (unpaired) electrons. The molecule has 0 aromatic carbocycles. The monoisotopic (exact) mass is 455 g/mol. The average molecular weight is 456 g/mol. The smallest absolute Gasteiger partial charge is 0.333 e. The highest BCUT2D eigenvalue weighted by molar-refractivity contribution is 7.16. The molecule has 32 heavy (non-hydrogen) atoms. The molecule has 4 amide bonds. The fraction of sp³-hybridized carbons (Fsp3) is 0.458. The lowest BCUT2D eigenvalue weighted by Crippen LogP contribution is -2.53. The molecule has 8 heteroatoms. The number of carbonyl (C=O) groups excluding carboxylic acids is 3. The fourth-order valence-electron chi connectivity index (χ4n) is 4.40. The largest absolute Gasteiger partial charge is 0.378 e. The summed E-state index contributed by atoms with van der Waals surface area (Å²) in [6, 6.07) is 3.66. The van der Waals surface area contributed by atoms with Crippen molar-refractivity contribution >= 4 is 40.3 Å². The van der Waals surface area contributed by atoms with Crippen molar-refractivity contribution in [3.63, 3.8) is 0 Å². The number of anilines is 1. The lowest BCUT2D eigenvalue weighted by Gasteiger charge is -2.34. The van der Waals surface area contributed by atoms with Gasteiger partial charge in [0.2, 0.25) is 0 Å². The Morgan fingerprint density at radius 1 is 0.969 bits per heavy atom. The Kier molecular flexibility index (Phi) is 6.09. The van der Waals surface area contributed by atoms with Gasteiger partial charge in [-0.05, 0) is 47.6 Å². The first-order valence-corrected chi connectivity index (χ1v) is 11.6. The summed E-state index contributed by atoms with van der Waals surface area (Å²) in [4.78, 5) is 43.2. The van der Waals surface area contributed by atoms with Gasteiger partial charge in [-0.25, -0.2) is 4.79 Å². The number of barbiturate groups is 1. The topological polar surface area (TPSA) is 70.2 Å². The van der Waals surface area contributed by atoms with Crippen molar-refractivity contribution in [2.75, 3.05) is 45.3 Å². The van der Waals surface area contributed by atoms with E-state index in [4.69, 9.17) is 4.74 Å². The van der Waals surface area contributed by atoms with Crippen molar-refractivity contribution in [2.24, 2.45) is 5.41 Å². The number of amides is 4. The third kappa shape index (κ3) is 4.42. The van der Waals surface area contributed by atoms with Crippen LogP contribution in [0.15, 0.2) is 41.0 Å². The van der Waals surface area contributed by atoms with Crippen LogP contribution in [0.1, 0.15) is 31.6 Å². The minimum atomic E-state index is -0.600. The van der Waals surface area contributed by atoms with Gasteiger partial charge in [0.25, 0.3) is 11.8 Å². The fourth-order valence-corrected chi connectivity index (χ4v) is 5.36. The number of allylic oxidation sites excluding steroid dienone is 4. The number of rotatable bonds is 3. The van der Waals surface area contributed by atoms with E-state index in [0.29, 0.717) is 12.0 Å². The van der Waals surface area contributed by atoms with Gasteiger partial charge in [0.05, 0.1) is 18.2 Å². The summed E-state index contributed by atoms with van der Waals surface area (Å²) >= 11 is 1.74. The Labute approximate surface area is 192 Å². The number of hydrogen-bond acceptors (Lipinski definition) is 6. The van der Waals surface area contributed by atoms with Crippen LogP contribution in [0.3, 0.4) is 0 Å². The van der Waals surface area contributed by atoms with Crippen LogP contribution < -0.4 is 4.90 Å². The van der Waals surface area contributed by atoms with Crippen LogP contribution in [-0.2, 0) is 14.3 Å². The van der Waals surface area contributed by atoms with Gasteiger partial charge in [0, 0.05) is 32.1 Å². The summed E-state index contributed by atoms with van der Waals surface area (Å²) in [5, 5.41) is 1.24. The Morgan fingerprint density at radius 3 is 2.28 bits per heavy atom. The molecule has 0 N–H and O–H groups in total. The van der Waals surface area contributed by atoms with Gasteiger partial charge in [0.15, 0.2) is 0 Å². The van der Waals surface area contributed by atoms with Crippen molar-refractivity contribution < 1.29 is 19.1 Å². The second-order valence-corrected chi connectivity index (χ2v) is 10.4. The molecule has 7 nitrogen and oxygen atoms in total. The molecule has 2 saturated heterocycles. The van der Waals surface area contributed by atoms with Crippen LogP contribution in [-0.4, -0.2) is 68.0 Å². The summed E-state index contributed by atoms with van der Waals surface area (Å²) in [7, 11) is 2.82. The quantitative estimate of drug-likeness (QED) is 0.514. The first-order valence-electron chi connectivity index (χ1n) is 10.8. The number of nitrogens with zero attached hydrogens (tertiary/aromatic N) is 3. The Morgan fingerprint density at radius 2 is 1.62 bits per heavy atom. The number of carbonyl (C=O) groups is 3. The zero-order chi connectivity index (χ0) is 23.0. The Bertz CT molecular complexity index is 1020. The number of urea groups is 1. The van der Waals surface area contributed by atoms with E-state index in [0.717, 1.165) is 53.0 Å². The third-order valence-electron chi connectivity index (χ3n) is 6.04. The molecule has 3 aliphatic rings. The summed E-state index contributed by atoms with van der Waals surface area (Å²) in [6.45, 7) is 7.60. The molecule has 0 atom stereocenters. The maximum absolute atomic E-state index is 12.8. The van der Waals surface area contributed by atoms with E-state index >= 15 is 0 Å². The van der Waals surface area contributed by atoms with Crippen LogP contribution in [0.2, 0.25) is 0 Å². The van der Waals surface area contributed by atoms with Gasteiger partial charge in [0.1, 0.15) is 5.57 Å². The van der Waals surface area contributed by atoms with Crippen molar-refractivity contribution in [2.45, 2.75) is 26.7 Å². The Balaban J connectivity index is 1.62. The highest BCUT2D eigenvalue weighted by Gasteiger charge is 2.41. The maximum Gasteiger partial charge on any atom is 0.333 e. The molecular weight excluding hydrogens is 426 g/mol. The van der Waals surface area contributed by atoms with Gasteiger partial charge in [-0.1, -0.05) is 26.0 Å². The molecule has 2 fully saturated rings. The van der Waals surface area contributed by atoms with Crippen LogP contribution in [0, 0.1) is 5.41 Å². The predicted octanol–water partition coefficient (Wildman–Crippen LogP) is 3.69. The lowest BCUT2D eigenvalue weighted by atomic mass is 9.73. The minimum Gasteiger partial charge on any atom is -0.378 e. The normalized spacial score (nSPS) is 22.3. The SMILES string of the molecule is CN1C(=O)C(=C2C=C(/C=C/c3ccc(N4CCOCC4)s3)CC(C)(C)C2)C(=O)N(C)C1=O. The molecule has 0 saturated carbocycles. The van der Waals surface area contributed by atoms with E-state index in [-0.39, 0.29) is 11.0 Å². The first kappa shape index (κ1) is 22.5. The molecule has 4 rings (SSSR count). The molecule has 3 heterocycles. The number of likely N-dealkylation sites (N-methyl/N-ethyl adjacent to an activating group) is 2. The van der Waals surface area contributed by atoms with Gasteiger partial charge >= 0.3 is 6.03 Å². The molecule has 0 bridgehead atoms. The van der Waals surface area contributed by atoms with E-state index in [9.17, 15) is 14.4 Å². The summed E-state index contributed by atoms with van der Waals surface area (Å²) in [5.41, 5.74) is 1.75. The minimum absolute atomic E-state index is 0.0963. The van der Waals surface area contributed by atoms with Gasteiger partial charge in [-0.15, -0.1) is 11.3 Å². The maximum atomic E-state index is 12.8. The van der Waals surface area contributed by atoms with Gasteiger partial charge in [-0.3, -0.25) is 19.4 Å². The highest BCUT2D eigenvalue weighted by Crippen LogP contribution is 2.41. The van der Waals surface area contributed by atoms with Crippen molar-refractivity contribution in [3.05, 3.63) is 45.9 Å². The Hall–Kier alpha value is -2.71. The van der Waals surface area contributed by atoms with E-state index < -0.39 is 17.8 Å². The molecule has 170 valence electrons. The van der Waals surface area contributed by atoms with Crippen molar-refractivity contribution in [3.8, 4) is 0 Å². The third-order valence-corrected chi connectivity index (χ3v) is 7.15. The predicted molar refractivity (Wildman–Crippen MR) is 125 cm³/mol. The molecule has 1 aromatic heterocycles. The number of morpholine rings is 1.